The summed E-state index contributed by atoms with van der Waals surface area (Å²) in [6, 6.07) is 3.96. The van der Waals surface area contributed by atoms with Gasteiger partial charge in [-0.2, -0.15) is 11.8 Å². The molecule has 0 saturated heterocycles. The Morgan fingerprint density at radius 2 is 2.00 bits per heavy atom. The lowest BCUT2D eigenvalue weighted by Crippen LogP contribution is -2.07. The topological polar surface area (TPSA) is 20.2 Å². The third kappa shape index (κ3) is 2.00. The molecule has 0 saturated carbocycles. The zero-order valence-corrected chi connectivity index (χ0v) is 10.2. The molecule has 0 bridgehead atoms. The van der Waals surface area contributed by atoms with E-state index in [1.807, 2.05) is 6.07 Å². The first-order valence-corrected chi connectivity index (χ1v) is 6.89. The molecule has 0 spiro atoms. The van der Waals surface area contributed by atoms with Crippen LogP contribution < -0.4 is 0 Å². The van der Waals surface area contributed by atoms with E-state index in [0.29, 0.717) is 11.0 Å². The molecule has 0 aromatic heterocycles. The summed E-state index contributed by atoms with van der Waals surface area (Å²) >= 11 is 1.80. The Kier molecular flexibility index (Phi) is 3.25. The molecule has 1 aromatic carbocycles. The summed E-state index contributed by atoms with van der Waals surface area (Å²) in [5.41, 5.74) is 4.05. The van der Waals surface area contributed by atoms with Crippen LogP contribution in [0.4, 0.5) is 0 Å². The highest BCUT2D eigenvalue weighted by molar-refractivity contribution is 7.98. The van der Waals surface area contributed by atoms with Gasteiger partial charge in [-0.05, 0) is 56.1 Å². The van der Waals surface area contributed by atoms with Crippen LogP contribution in [-0.2, 0) is 12.8 Å². The first kappa shape index (κ1) is 10.9. The van der Waals surface area contributed by atoms with Crippen LogP contribution in [0.15, 0.2) is 12.1 Å². The van der Waals surface area contributed by atoms with Crippen LogP contribution in [-0.4, -0.2) is 11.4 Å². The largest absolute Gasteiger partial charge is 0.508 e. The fourth-order valence-corrected chi connectivity index (χ4v) is 2.91. The second-order valence-electron chi connectivity index (χ2n) is 4.22. The average molecular weight is 222 g/mol. The standard InChI is InChI=1S/C13H18OS/c1-9(15-2)13-11-6-4-3-5-10(11)7-8-12(13)14/h7-9,14H,3-6H2,1-2H3. The van der Waals surface area contributed by atoms with Crippen LogP contribution in [0.1, 0.15) is 41.7 Å². The van der Waals surface area contributed by atoms with Crippen molar-refractivity contribution in [2.75, 3.05) is 6.26 Å². The first-order valence-electron chi connectivity index (χ1n) is 5.60. The van der Waals surface area contributed by atoms with Crippen molar-refractivity contribution in [3.05, 3.63) is 28.8 Å². The quantitative estimate of drug-likeness (QED) is 0.823. The molecule has 1 nitrogen and oxygen atoms in total. The van der Waals surface area contributed by atoms with E-state index < -0.39 is 0 Å². The van der Waals surface area contributed by atoms with Gasteiger partial charge in [-0.15, -0.1) is 0 Å². The predicted molar refractivity (Wildman–Crippen MR) is 66.7 cm³/mol. The number of hydrogen-bond acceptors (Lipinski definition) is 2. The second-order valence-corrected chi connectivity index (χ2v) is 5.40. The highest BCUT2D eigenvalue weighted by Gasteiger charge is 2.19. The van der Waals surface area contributed by atoms with Gasteiger partial charge >= 0.3 is 0 Å². The van der Waals surface area contributed by atoms with Crippen LogP contribution in [0.2, 0.25) is 0 Å². The second kappa shape index (κ2) is 4.48. The van der Waals surface area contributed by atoms with E-state index >= 15 is 0 Å². The molecule has 0 radical (unpaired) electrons. The van der Waals surface area contributed by atoms with E-state index in [2.05, 4.69) is 19.2 Å². The number of phenolic OH excluding ortho intramolecular Hbond substituents is 1. The molecule has 1 aromatic rings. The highest BCUT2D eigenvalue weighted by atomic mass is 32.2. The van der Waals surface area contributed by atoms with Crippen LogP contribution >= 0.6 is 11.8 Å². The number of benzene rings is 1. The monoisotopic (exact) mass is 222 g/mol. The zero-order chi connectivity index (χ0) is 10.8. The summed E-state index contributed by atoms with van der Waals surface area (Å²) < 4.78 is 0. The van der Waals surface area contributed by atoms with Crippen molar-refractivity contribution in [3.63, 3.8) is 0 Å². The molecule has 1 aliphatic carbocycles. The Bertz CT molecular complexity index is 360. The van der Waals surface area contributed by atoms with Crippen molar-refractivity contribution >= 4 is 11.8 Å². The van der Waals surface area contributed by atoms with E-state index in [0.717, 1.165) is 6.42 Å². The normalized spacial score (nSPS) is 17.2. The summed E-state index contributed by atoms with van der Waals surface area (Å²) in [4.78, 5) is 0. The highest BCUT2D eigenvalue weighted by Crippen LogP contribution is 2.39. The Morgan fingerprint density at radius 1 is 1.27 bits per heavy atom. The molecule has 1 unspecified atom stereocenters. The minimum Gasteiger partial charge on any atom is -0.508 e. The number of rotatable bonds is 2. The Morgan fingerprint density at radius 3 is 2.73 bits per heavy atom. The maximum absolute atomic E-state index is 9.95. The molecule has 0 fully saturated rings. The van der Waals surface area contributed by atoms with Crippen molar-refractivity contribution < 1.29 is 5.11 Å². The summed E-state index contributed by atoms with van der Waals surface area (Å²) in [5, 5.41) is 10.4. The van der Waals surface area contributed by atoms with Crippen molar-refractivity contribution in [3.8, 4) is 5.75 Å². The molecule has 0 amide bonds. The number of thioether (sulfide) groups is 1. The molecule has 82 valence electrons. The minimum atomic E-state index is 0.401. The molecule has 2 rings (SSSR count). The van der Waals surface area contributed by atoms with Crippen LogP contribution in [0.3, 0.4) is 0 Å². The smallest absolute Gasteiger partial charge is 0.120 e. The number of aryl methyl sites for hydroxylation is 1. The van der Waals surface area contributed by atoms with Crippen molar-refractivity contribution in [2.45, 2.75) is 37.9 Å². The van der Waals surface area contributed by atoms with Gasteiger partial charge in [0.15, 0.2) is 0 Å². The van der Waals surface area contributed by atoms with Crippen LogP contribution in [0.5, 0.6) is 5.75 Å². The number of aromatic hydroxyl groups is 1. The molecule has 2 heteroatoms. The molecule has 1 atom stereocenters. The first-order chi connectivity index (χ1) is 7.24. The zero-order valence-electron chi connectivity index (χ0n) is 9.42. The summed E-state index contributed by atoms with van der Waals surface area (Å²) in [7, 11) is 0. The maximum Gasteiger partial charge on any atom is 0.120 e. The Labute approximate surface area is 95.9 Å². The van der Waals surface area contributed by atoms with Gasteiger partial charge in [0.05, 0.1) is 0 Å². The fourth-order valence-electron chi connectivity index (χ4n) is 2.42. The lowest BCUT2D eigenvalue weighted by atomic mass is 9.87. The molecule has 15 heavy (non-hydrogen) atoms. The summed E-state index contributed by atoms with van der Waals surface area (Å²) in [6.07, 6.45) is 7.00. The molecular weight excluding hydrogens is 204 g/mol. The van der Waals surface area contributed by atoms with E-state index in [1.54, 1.807) is 11.8 Å². The molecule has 1 aliphatic rings. The van der Waals surface area contributed by atoms with E-state index in [4.69, 9.17) is 0 Å². The van der Waals surface area contributed by atoms with Gasteiger partial charge in [-0.3, -0.25) is 0 Å². The van der Waals surface area contributed by atoms with Crippen LogP contribution in [0, 0.1) is 0 Å². The van der Waals surface area contributed by atoms with E-state index in [9.17, 15) is 5.11 Å². The number of hydrogen-bond donors (Lipinski definition) is 1. The van der Waals surface area contributed by atoms with Gasteiger partial charge in [0, 0.05) is 10.8 Å². The maximum atomic E-state index is 9.95. The van der Waals surface area contributed by atoms with Gasteiger partial charge in [0.25, 0.3) is 0 Å². The van der Waals surface area contributed by atoms with E-state index in [1.165, 1.54) is 36.0 Å². The molecule has 0 aliphatic heterocycles. The number of fused-ring (bicyclic) bond motifs is 1. The van der Waals surface area contributed by atoms with Gasteiger partial charge in [-0.1, -0.05) is 6.07 Å². The number of phenols is 1. The average Bonchev–Trinajstić information content (AvgIpc) is 2.28. The third-order valence-electron chi connectivity index (χ3n) is 3.31. The van der Waals surface area contributed by atoms with Gasteiger partial charge in [0.1, 0.15) is 5.75 Å². The molecule has 0 heterocycles. The Balaban J connectivity index is 2.50. The van der Waals surface area contributed by atoms with Crippen molar-refractivity contribution in [1.82, 2.24) is 0 Å². The van der Waals surface area contributed by atoms with E-state index in [-0.39, 0.29) is 0 Å². The third-order valence-corrected chi connectivity index (χ3v) is 4.26. The van der Waals surface area contributed by atoms with Gasteiger partial charge < -0.3 is 5.11 Å². The lowest BCUT2D eigenvalue weighted by molar-refractivity contribution is 0.465. The molecule has 1 N–H and O–H groups in total. The van der Waals surface area contributed by atoms with Crippen molar-refractivity contribution in [1.29, 1.82) is 0 Å². The Hall–Kier alpha value is -0.630. The predicted octanol–water partition coefficient (Wildman–Crippen LogP) is 3.70. The molecular formula is C13H18OS. The van der Waals surface area contributed by atoms with Crippen LogP contribution in [0.25, 0.3) is 0 Å². The fraction of sp³-hybridized carbons (Fsp3) is 0.538. The minimum absolute atomic E-state index is 0.401. The SMILES string of the molecule is CSC(C)c1c(O)ccc2c1CCCC2. The van der Waals surface area contributed by atoms with Gasteiger partial charge in [0.2, 0.25) is 0 Å². The summed E-state index contributed by atoms with van der Waals surface area (Å²) in [6.45, 7) is 2.18. The van der Waals surface area contributed by atoms with Crippen molar-refractivity contribution in [2.24, 2.45) is 0 Å². The summed E-state index contributed by atoms with van der Waals surface area (Å²) in [5.74, 6) is 0.484. The van der Waals surface area contributed by atoms with Gasteiger partial charge in [-0.25, -0.2) is 0 Å². The lowest BCUT2D eigenvalue weighted by Gasteiger charge is -2.23.